The highest BCUT2D eigenvalue weighted by Crippen LogP contribution is 1.73. The van der Waals surface area contributed by atoms with E-state index in [0.29, 0.717) is 0 Å². The Bertz CT molecular complexity index is 309. The quantitative estimate of drug-likeness (QED) is 0.306. The van der Waals surface area contributed by atoms with E-state index in [-0.39, 0.29) is 13.3 Å². The van der Waals surface area contributed by atoms with Crippen LogP contribution in [0, 0.1) is 0 Å². The van der Waals surface area contributed by atoms with E-state index in [1.807, 2.05) is 10.6 Å². The first-order valence-corrected chi connectivity index (χ1v) is 3.76. The van der Waals surface area contributed by atoms with Crippen molar-refractivity contribution in [2.24, 2.45) is 9.98 Å². The Labute approximate surface area is 88.7 Å². The monoisotopic (exact) mass is 229 g/mol. The van der Waals surface area contributed by atoms with E-state index in [9.17, 15) is 19.2 Å². The molecular formula is C6H7N5O5. The maximum absolute atomic E-state index is 10.7. The molecule has 0 aromatic carbocycles. The Hall–Kier alpha value is -2.70. The Morgan fingerprint density at radius 2 is 1.62 bits per heavy atom. The van der Waals surface area contributed by atoms with E-state index < -0.39 is 12.1 Å². The van der Waals surface area contributed by atoms with Crippen LogP contribution in [0.2, 0.25) is 0 Å². The number of urea groups is 1. The lowest BCUT2D eigenvalue weighted by Crippen LogP contribution is -2.39. The van der Waals surface area contributed by atoms with Crippen molar-refractivity contribution < 1.29 is 24.0 Å². The molecule has 0 fully saturated rings. The number of nitrogens with zero attached hydrogens (tertiary/aromatic N) is 2. The molecule has 0 aromatic rings. The Morgan fingerprint density at radius 1 is 1.06 bits per heavy atom. The zero-order valence-corrected chi connectivity index (χ0v) is 7.85. The average molecular weight is 229 g/mol. The fraction of sp³-hybridized carbons (Fsp3) is 0.333. The molecule has 0 heterocycles. The molecule has 16 heavy (non-hydrogen) atoms. The number of amides is 3. The van der Waals surface area contributed by atoms with Gasteiger partial charge in [0.2, 0.25) is 12.2 Å². The van der Waals surface area contributed by atoms with Crippen LogP contribution in [-0.4, -0.2) is 37.6 Å². The molecule has 0 radical (unpaired) electrons. The van der Waals surface area contributed by atoms with Gasteiger partial charge in [-0.05, 0) is 0 Å². The topological polar surface area (TPSA) is 138 Å². The second-order valence-corrected chi connectivity index (χ2v) is 1.99. The summed E-state index contributed by atoms with van der Waals surface area (Å²) in [6.45, 7) is -0.614. The Kier molecular flexibility index (Phi) is 7.38. The summed E-state index contributed by atoms with van der Waals surface area (Å²) < 4.78 is 0. The van der Waals surface area contributed by atoms with Crippen LogP contribution in [0.1, 0.15) is 0 Å². The molecule has 10 heteroatoms. The van der Waals surface area contributed by atoms with E-state index in [1.54, 1.807) is 5.48 Å². The number of aliphatic imine (C=N–C) groups is 2. The second kappa shape index (κ2) is 8.88. The third-order valence-electron chi connectivity index (χ3n) is 0.987. The molecule has 0 saturated carbocycles. The minimum Gasteiger partial charge on any atom is -0.320 e. The SMILES string of the molecule is O=C=NCNC(=O)NOC(=O)NCN=C=O. The fourth-order valence-electron chi connectivity index (χ4n) is 0.445. The number of rotatable bonds is 4. The number of nitrogens with one attached hydrogen (secondary N) is 3. The maximum Gasteiger partial charge on any atom is 0.433 e. The summed E-state index contributed by atoms with van der Waals surface area (Å²) in [5.41, 5.74) is 1.68. The molecule has 0 aliphatic heterocycles. The number of isocyanates is 2. The van der Waals surface area contributed by atoms with Crippen LogP contribution in [0.25, 0.3) is 0 Å². The van der Waals surface area contributed by atoms with Gasteiger partial charge >= 0.3 is 12.1 Å². The van der Waals surface area contributed by atoms with Gasteiger partial charge in [0, 0.05) is 0 Å². The van der Waals surface area contributed by atoms with Gasteiger partial charge in [0.15, 0.2) is 0 Å². The van der Waals surface area contributed by atoms with Crippen LogP contribution < -0.4 is 16.1 Å². The first-order valence-electron chi connectivity index (χ1n) is 3.76. The van der Waals surface area contributed by atoms with Gasteiger partial charge in [0.05, 0.1) is 0 Å². The molecule has 0 aliphatic rings. The molecule has 0 saturated heterocycles. The summed E-state index contributed by atoms with van der Waals surface area (Å²) in [7, 11) is 0. The number of carbonyl (C=O) groups is 2. The molecule has 10 nitrogen and oxygen atoms in total. The van der Waals surface area contributed by atoms with Crippen LogP contribution in [0.4, 0.5) is 9.59 Å². The molecule has 0 rings (SSSR count). The van der Waals surface area contributed by atoms with Gasteiger partial charge < -0.3 is 10.2 Å². The van der Waals surface area contributed by atoms with E-state index in [0.717, 1.165) is 0 Å². The largest absolute Gasteiger partial charge is 0.433 e. The van der Waals surface area contributed by atoms with Gasteiger partial charge in [-0.15, -0.1) is 0 Å². The molecule has 86 valence electrons. The second-order valence-electron chi connectivity index (χ2n) is 1.99. The smallest absolute Gasteiger partial charge is 0.320 e. The van der Waals surface area contributed by atoms with E-state index in [2.05, 4.69) is 14.8 Å². The van der Waals surface area contributed by atoms with Gasteiger partial charge in [-0.1, -0.05) is 0 Å². The molecular weight excluding hydrogens is 222 g/mol. The van der Waals surface area contributed by atoms with Crippen molar-refractivity contribution in [2.45, 2.75) is 0 Å². The third-order valence-corrected chi connectivity index (χ3v) is 0.987. The number of hydrogen-bond acceptors (Lipinski definition) is 7. The molecule has 0 unspecified atom stereocenters. The predicted octanol–water partition coefficient (Wildman–Crippen LogP) is -1.49. The zero-order valence-electron chi connectivity index (χ0n) is 7.85. The lowest BCUT2D eigenvalue weighted by molar-refractivity contribution is 0.100. The summed E-state index contributed by atoms with van der Waals surface area (Å²) in [4.78, 5) is 50.8. The van der Waals surface area contributed by atoms with Crippen molar-refractivity contribution in [3.63, 3.8) is 0 Å². The highest BCUT2D eigenvalue weighted by atomic mass is 16.7. The predicted molar refractivity (Wildman–Crippen MR) is 47.3 cm³/mol. The van der Waals surface area contributed by atoms with Gasteiger partial charge in [-0.25, -0.2) is 19.2 Å². The van der Waals surface area contributed by atoms with Crippen LogP contribution in [0.3, 0.4) is 0 Å². The summed E-state index contributed by atoms with van der Waals surface area (Å²) >= 11 is 0. The van der Waals surface area contributed by atoms with Crippen molar-refractivity contribution in [3.8, 4) is 0 Å². The van der Waals surface area contributed by atoms with Crippen molar-refractivity contribution in [1.82, 2.24) is 16.1 Å². The molecule has 3 amide bonds. The first kappa shape index (κ1) is 13.3. The van der Waals surface area contributed by atoms with E-state index >= 15 is 0 Å². The van der Waals surface area contributed by atoms with Crippen LogP contribution >= 0.6 is 0 Å². The van der Waals surface area contributed by atoms with Gasteiger partial charge in [-0.3, -0.25) is 5.32 Å². The van der Waals surface area contributed by atoms with E-state index in [1.165, 1.54) is 12.2 Å². The summed E-state index contributed by atoms with van der Waals surface area (Å²) in [5, 5.41) is 4.02. The lowest BCUT2D eigenvalue weighted by atomic mass is 10.9. The lowest BCUT2D eigenvalue weighted by Gasteiger charge is -2.05. The molecule has 0 atom stereocenters. The van der Waals surface area contributed by atoms with Crippen LogP contribution in [-0.2, 0) is 14.4 Å². The standard InChI is InChI=1S/C6H7N5O5/c12-3-7-1-9-5(14)11-16-6(15)10-2-8-4-13/h1-2H2,(H,10,15)(H2,9,11,14). The van der Waals surface area contributed by atoms with Gasteiger partial charge in [0.25, 0.3) is 0 Å². The number of carbonyl (C=O) groups excluding carboxylic acids is 4. The number of hydroxylamine groups is 1. The summed E-state index contributed by atoms with van der Waals surface area (Å²) in [6, 6.07) is -0.881. The maximum atomic E-state index is 10.7. The highest BCUT2D eigenvalue weighted by molar-refractivity contribution is 5.75. The molecule has 0 spiro atoms. The molecule has 0 bridgehead atoms. The average Bonchev–Trinajstić information content (AvgIpc) is 2.27. The minimum absolute atomic E-state index is 0.296. The van der Waals surface area contributed by atoms with Crippen molar-refractivity contribution in [1.29, 1.82) is 0 Å². The van der Waals surface area contributed by atoms with Gasteiger partial charge in [-0.2, -0.15) is 15.5 Å². The van der Waals surface area contributed by atoms with Crippen molar-refractivity contribution in [2.75, 3.05) is 13.3 Å². The minimum atomic E-state index is -1.02. The van der Waals surface area contributed by atoms with Crippen molar-refractivity contribution >= 4 is 24.3 Å². The molecule has 0 aliphatic carbocycles. The third kappa shape index (κ3) is 7.92. The van der Waals surface area contributed by atoms with Crippen molar-refractivity contribution in [3.05, 3.63) is 0 Å². The van der Waals surface area contributed by atoms with Gasteiger partial charge in [0.1, 0.15) is 13.3 Å². The van der Waals surface area contributed by atoms with Crippen LogP contribution in [0.15, 0.2) is 9.98 Å². The zero-order chi connectivity index (χ0) is 12.2. The first-order chi connectivity index (χ1) is 7.70. The fourth-order valence-corrected chi connectivity index (χ4v) is 0.445. The molecule has 3 N–H and O–H groups in total. The Balaban J connectivity index is 3.62. The number of hydrogen-bond donors (Lipinski definition) is 3. The molecule has 0 aromatic heterocycles. The van der Waals surface area contributed by atoms with E-state index in [4.69, 9.17) is 0 Å². The summed E-state index contributed by atoms with van der Waals surface area (Å²) in [5.74, 6) is 0. The summed E-state index contributed by atoms with van der Waals surface area (Å²) in [6.07, 6.45) is 1.34. The normalized spacial score (nSPS) is 7.75. The van der Waals surface area contributed by atoms with Crippen LogP contribution in [0.5, 0.6) is 0 Å². The Morgan fingerprint density at radius 3 is 2.19 bits per heavy atom. The highest BCUT2D eigenvalue weighted by Gasteiger charge is 2.03.